The fraction of sp³-hybridized carbons (Fsp3) is 0. The largest absolute Gasteiger partial charge is 0.369 e. The van der Waals surface area contributed by atoms with Crippen LogP contribution < -0.4 is 80.0 Å². The Kier molecular flexibility index (Phi) is 16.7. The molecule has 12 heavy (non-hydrogen) atoms. The van der Waals surface area contributed by atoms with Gasteiger partial charge in [0.2, 0.25) is 0 Å². The van der Waals surface area contributed by atoms with Crippen molar-refractivity contribution in [3.63, 3.8) is 0 Å². The standard InChI is InChI=1S/2IO4.2H3N/c2*2-1(3,4)5;;/h;;2*1H3/q2*-1;;/p+2. The van der Waals surface area contributed by atoms with Gasteiger partial charge in [-0.15, -0.1) is 0 Å². The summed E-state index contributed by atoms with van der Waals surface area (Å²) in [5.74, 6) is 0. The van der Waals surface area contributed by atoms with Crippen LogP contribution in [0.3, 0.4) is 0 Å². The molecule has 12 heteroatoms. The molecule has 80 valence electrons. The van der Waals surface area contributed by atoms with Crippen LogP contribution in [-0.2, 0) is 0 Å². The highest BCUT2D eigenvalue weighted by Crippen LogP contribution is 0.109. The predicted molar refractivity (Wildman–Crippen MR) is 12.0 cm³/mol. The van der Waals surface area contributed by atoms with E-state index in [9.17, 15) is 0 Å². The van der Waals surface area contributed by atoms with Crippen LogP contribution in [0, 0.1) is 0 Å². The highest BCUT2D eigenvalue weighted by molar-refractivity contribution is 2.14. The Morgan fingerprint density at radius 3 is 0.417 bits per heavy atom. The van der Waals surface area contributed by atoms with Gasteiger partial charge in [0.25, 0.3) is 0 Å². The van der Waals surface area contributed by atoms with E-state index in [1.165, 1.54) is 0 Å². The first-order chi connectivity index (χ1) is 4.00. The molecule has 0 atom stereocenters. The van der Waals surface area contributed by atoms with Crippen LogP contribution in [0.1, 0.15) is 0 Å². The van der Waals surface area contributed by atoms with Gasteiger partial charge in [-0.25, -0.2) is 0 Å². The molecule has 0 unspecified atom stereocenters. The minimum absolute atomic E-state index is 0. The number of hydrogen-bond acceptors (Lipinski definition) is 8. The maximum atomic E-state index is 8.62. The van der Waals surface area contributed by atoms with Crippen LogP contribution in [0.5, 0.6) is 0 Å². The van der Waals surface area contributed by atoms with E-state index in [1.54, 1.807) is 0 Å². The predicted octanol–water partition coefficient (Wildman–Crippen LogP) is -14.8. The summed E-state index contributed by atoms with van der Waals surface area (Å²) in [6, 6.07) is 0. The van der Waals surface area contributed by atoms with Gasteiger partial charge < -0.3 is 12.3 Å². The smallest absolute Gasteiger partial charge is 0.144 e. The van der Waals surface area contributed by atoms with E-state index < -0.39 is 40.2 Å². The molecule has 10 nitrogen and oxygen atoms in total. The Balaban J connectivity index is -0.0000000457. The molecular formula is H8I2N2O8. The number of halogens is 2. The number of quaternary nitrogens is 2. The molecule has 0 aromatic rings. The quantitative estimate of drug-likeness (QED) is 0.356. The van der Waals surface area contributed by atoms with E-state index >= 15 is 0 Å². The zero-order chi connectivity index (χ0) is 9.00. The lowest BCUT2D eigenvalue weighted by Crippen LogP contribution is -4.29. The van der Waals surface area contributed by atoms with Gasteiger partial charge in [0.1, 0.15) is 40.2 Å². The molecule has 0 fully saturated rings. The third-order valence-corrected chi connectivity index (χ3v) is 0. The van der Waals surface area contributed by atoms with Crippen molar-refractivity contribution in [2.24, 2.45) is 0 Å². The molecule has 0 aliphatic heterocycles. The lowest BCUT2D eigenvalue weighted by Gasteiger charge is -2.08. The van der Waals surface area contributed by atoms with E-state index in [0.29, 0.717) is 0 Å². The Morgan fingerprint density at radius 2 is 0.417 bits per heavy atom. The lowest BCUT2D eigenvalue weighted by molar-refractivity contribution is -2.00. The summed E-state index contributed by atoms with van der Waals surface area (Å²) in [6.07, 6.45) is 0. The molecule has 0 bridgehead atoms. The molecule has 0 aliphatic carbocycles. The first-order valence-corrected chi connectivity index (χ1v) is 8.28. The van der Waals surface area contributed by atoms with Crippen molar-refractivity contribution >= 4 is 0 Å². The Morgan fingerprint density at radius 1 is 0.417 bits per heavy atom. The third kappa shape index (κ3) is 996. The highest BCUT2D eigenvalue weighted by Gasteiger charge is 1.95. The van der Waals surface area contributed by atoms with Crippen molar-refractivity contribution in [3.05, 3.63) is 0 Å². The van der Waals surface area contributed by atoms with Crippen molar-refractivity contribution in [3.8, 4) is 0 Å². The van der Waals surface area contributed by atoms with Crippen LogP contribution in [-0.4, -0.2) is 0 Å². The van der Waals surface area contributed by atoms with E-state index in [4.69, 9.17) is 27.5 Å². The first-order valence-electron chi connectivity index (χ1n) is 1.23. The topological polar surface area (TPSA) is 257 Å². The summed E-state index contributed by atoms with van der Waals surface area (Å²) in [5, 5.41) is 0. The fourth-order valence-corrected chi connectivity index (χ4v) is 0. The van der Waals surface area contributed by atoms with Gasteiger partial charge >= 0.3 is 0 Å². The summed E-state index contributed by atoms with van der Waals surface area (Å²) < 4.78 is 68.9. The monoisotopic (exact) mass is 418 g/mol. The zero-order valence-electron chi connectivity index (χ0n) is 6.02. The number of rotatable bonds is 0. The Labute approximate surface area is 79.7 Å². The molecule has 0 spiro atoms. The van der Waals surface area contributed by atoms with E-state index in [2.05, 4.69) is 0 Å². The molecule has 0 radical (unpaired) electrons. The van der Waals surface area contributed by atoms with E-state index in [0.717, 1.165) is 0 Å². The molecule has 0 saturated carbocycles. The summed E-state index contributed by atoms with van der Waals surface area (Å²) in [5.41, 5.74) is 0. The van der Waals surface area contributed by atoms with Crippen LogP contribution in [0.25, 0.3) is 0 Å². The third-order valence-electron chi connectivity index (χ3n) is 0. The second-order valence-corrected chi connectivity index (χ2v) is 5.07. The highest BCUT2D eigenvalue weighted by atomic mass is 127. The summed E-state index contributed by atoms with van der Waals surface area (Å²) >= 11 is -11.9. The van der Waals surface area contributed by atoms with Crippen LogP contribution >= 0.6 is 0 Å². The van der Waals surface area contributed by atoms with Gasteiger partial charge in [-0.2, -0.15) is 0 Å². The molecule has 0 heterocycles. The van der Waals surface area contributed by atoms with Crippen molar-refractivity contribution < 1.29 is 67.7 Å². The second-order valence-electron chi connectivity index (χ2n) is 0.756. The molecule has 0 aliphatic rings. The van der Waals surface area contributed by atoms with Crippen molar-refractivity contribution in [1.29, 1.82) is 0 Å². The molecule has 0 saturated heterocycles. The summed E-state index contributed by atoms with van der Waals surface area (Å²) in [6.45, 7) is 0. The maximum Gasteiger partial charge on any atom is 0.144 e. The molecule has 0 rings (SSSR count). The van der Waals surface area contributed by atoms with Crippen LogP contribution in [0.2, 0.25) is 0 Å². The van der Waals surface area contributed by atoms with Crippen LogP contribution in [0.4, 0.5) is 0 Å². The average Bonchev–Trinajstić information content (AvgIpc) is 1.12. The average molecular weight is 418 g/mol. The Bertz CT molecular complexity index is 58.0. The van der Waals surface area contributed by atoms with Crippen molar-refractivity contribution in [2.45, 2.75) is 0 Å². The zero-order valence-corrected chi connectivity index (χ0v) is 10.3. The second kappa shape index (κ2) is 8.65. The van der Waals surface area contributed by atoms with Crippen molar-refractivity contribution in [1.82, 2.24) is 12.3 Å². The minimum Gasteiger partial charge on any atom is -0.369 e. The molecule has 8 N–H and O–H groups in total. The van der Waals surface area contributed by atoms with Gasteiger partial charge in [0.15, 0.2) is 0 Å². The van der Waals surface area contributed by atoms with Gasteiger partial charge in [-0.3, -0.25) is 27.5 Å². The van der Waals surface area contributed by atoms with Gasteiger partial charge in [0.05, 0.1) is 0 Å². The molecule has 0 aromatic carbocycles. The first kappa shape index (κ1) is 23.1. The fourth-order valence-electron chi connectivity index (χ4n) is 0. The SMILES string of the molecule is [NH4+].[NH4+].[O-][I+3]([O-])([O-])[O-].[O-][I+3]([O-])([O-])[O-]. The van der Waals surface area contributed by atoms with Crippen molar-refractivity contribution in [2.75, 3.05) is 0 Å². The summed E-state index contributed by atoms with van der Waals surface area (Å²) in [4.78, 5) is 0. The van der Waals surface area contributed by atoms with Gasteiger partial charge in [0, 0.05) is 0 Å². The van der Waals surface area contributed by atoms with E-state index in [-0.39, 0.29) is 12.3 Å². The van der Waals surface area contributed by atoms with Gasteiger partial charge in [-0.05, 0) is 0 Å². The normalized spacial score (nSPS) is 10.0. The molecular weight excluding hydrogens is 410 g/mol. The van der Waals surface area contributed by atoms with Crippen LogP contribution in [0.15, 0.2) is 0 Å². The minimum atomic E-state index is -5.94. The number of hydrogen-bond donors (Lipinski definition) is 2. The van der Waals surface area contributed by atoms with E-state index in [1.807, 2.05) is 0 Å². The maximum absolute atomic E-state index is 8.62. The lowest BCUT2D eigenvalue weighted by atomic mass is 14.0. The summed E-state index contributed by atoms with van der Waals surface area (Å²) in [7, 11) is 0. The molecule has 0 aromatic heterocycles. The Hall–Kier alpha value is 1.06. The molecule has 0 amide bonds. The van der Waals surface area contributed by atoms with Gasteiger partial charge in [-0.1, -0.05) is 0 Å².